The second kappa shape index (κ2) is 7.35. The van der Waals surface area contributed by atoms with Crippen molar-refractivity contribution in [2.75, 3.05) is 11.9 Å². The quantitative estimate of drug-likeness (QED) is 0.763. The minimum absolute atomic E-state index is 0.237. The fourth-order valence-corrected chi connectivity index (χ4v) is 2.60. The molecule has 26 heavy (non-hydrogen) atoms. The Bertz CT molecular complexity index is 911. The summed E-state index contributed by atoms with van der Waals surface area (Å²) >= 11 is 0. The predicted molar refractivity (Wildman–Crippen MR) is 98.9 cm³/mol. The van der Waals surface area contributed by atoms with Crippen LogP contribution in [-0.2, 0) is 0 Å². The molecule has 0 bridgehead atoms. The maximum atomic E-state index is 12.6. The van der Waals surface area contributed by atoms with Crippen molar-refractivity contribution in [2.24, 2.45) is 0 Å². The van der Waals surface area contributed by atoms with E-state index >= 15 is 0 Å². The molecule has 0 aliphatic carbocycles. The highest BCUT2D eigenvalue weighted by Crippen LogP contribution is 2.18. The van der Waals surface area contributed by atoms with Gasteiger partial charge in [-0.2, -0.15) is 9.78 Å². The lowest BCUT2D eigenvalue weighted by atomic mass is 10.2. The molecule has 7 nitrogen and oxygen atoms in total. The van der Waals surface area contributed by atoms with Crippen LogP contribution < -0.4 is 10.1 Å². The number of ether oxygens (including phenoxy) is 1. The first-order valence-corrected chi connectivity index (χ1v) is 8.40. The number of hydrogen-bond donors (Lipinski definition) is 1. The Labute approximate surface area is 152 Å². The summed E-state index contributed by atoms with van der Waals surface area (Å²) in [6.07, 6.45) is 0. The lowest BCUT2D eigenvalue weighted by Gasteiger charge is -2.09. The zero-order chi connectivity index (χ0) is 18.7. The van der Waals surface area contributed by atoms with Crippen LogP contribution in [0.2, 0.25) is 0 Å². The largest absolute Gasteiger partial charge is 0.494 e. The van der Waals surface area contributed by atoms with Gasteiger partial charge in [0, 0.05) is 23.0 Å². The first-order valence-electron chi connectivity index (χ1n) is 8.40. The van der Waals surface area contributed by atoms with Gasteiger partial charge in [-0.3, -0.25) is 4.79 Å². The molecule has 1 amide bonds. The number of hydrogen-bond acceptors (Lipinski definition) is 5. The van der Waals surface area contributed by atoms with E-state index in [-0.39, 0.29) is 5.91 Å². The zero-order valence-electron chi connectivity index (χ0n) is 15.3. The van der Waals surface area contributed by atoms with Gasteiger partial charge in [-0.15, -0.1) is 0 Å². The second-order valence-corrected chi connectivity index (χ2v) is 5.94. The van der Waals surface area contributed by atoms with Crippen molar-refractivity contribution in [1.82, 2.24) is 19.7 Å². The van der Waals surface area contributed by atoms with E-state index in [0.717, 1.165) is 22.8 Å². The number of rotatable bonds is 5. The Morgan fingerprint density at radius 1 is 1.04 bits per heavy atom. The second-order valence-electron chi connectivity index (χ2n) is 5.94. The molecule has 0 saturated carbocycles. The summed E-state index contributed by atoms with van der Waals surface area (Å²) in [5, 5.41) is 7.28. The number of benzene rings is 1. The summed E-state index contributed by atoms with van der Waals surface area (Å²) in [6, 6.07) is 10.7. The van der Waals surface area contributed by atoms with E-state index in [1.807, 2.05) is 33.8 Å². The molecule has 0 radical (unpaired) electrons. The summed E-state index contributed by atoms with van der Waals surface area (Å²) in [6.45, 7) is 8.14. The molecule has 2 heterocycles. The van der Waals surface area contributed by atoms with Crippen LogP contribution in [0.5, 0.6) is 5.75 Å². The molecule has 0 aliphatic rings. The first-order chi connectivity index (χ1) is 12.5. The molecule has 0 unspecified atom stereocenters. The fraction of sp³-hybridized carbons (Fsp3) is 0.263. The molecule has 0 atom stereocenters. The van der Waals surface area contributed by atoms with Gasteiger partial charge in [0.25, 0.3) is 11.9 Å². The number of aromatic nitrogens is 4. The van der Waals surface area contributed by atoms with Crippen LogP contribution in [0.4, 0.5) is 5.82 Å². The number of carbonyl (C=O) groups excluding carboxylic acids is 1. The third-order valence-electron chi connectivity index (χ3n) is 3.66. The van der Waals surface area contributed by atoms with Crippen LogP contribution in [0, 0.1) is 20.8 Å². The number of carbonyl (C=O) groups is 1. The fourth-order valence-electron chi connectivity index (χ4n) is 2.60. The average Bonchev–Trinajstić information content (AvgIpc) is 2.95. The summed E-state index contributed by atoms with van der Waals surface area (Å²) in [4.78, 5) is 21.4. The molecule has 1 N–H and O–H groups in total. The van der Waals surface area contributed by atoms with Gasteiger partial charge in [-0.1, -0.05) is 0 Å². The van der Waals surface area contributed by atoms with E-state index in [1.165, 1.54) is 0 Å². The van der Waals surface area contributed by atoms with Crippen molar-refractivity contribution in [2.45, 2.75) is 27.7 Å². The predicted octanol–water partition coefficient (Wildman–Crippen LogP) is 3.24. The van der Waals surface area contributed by atoms with Crippen molar-refractivity contribution in [3.8, 4) is 11.7 Å². The van der Waals surface area contributed by atoms with Crippen LogP contribution >= 0.6 is 0 Å². The van der Waals surface area contributed by atoms with Crippen molar-refractivity contribution in [3.63, 3.8) is 0 Å². The van der Waals surface area contributed by atoms with Crippen LogP contribution in [-0.4, -0.2) is 32.3 Å². The van der Waals surface area contributed by atoms with Crippen molar-refractivity contribution >= 4 is 11.7 Å². The maximum Gasteiger partial charge on any atom is 0.256 e. The van der Waals surface area contributed by atoms with E-state index in [4.69, 9.17) is 4.74 Å². The normalized spacial score (nSPS) is 10.6. The topological polar surface area (TPSA) is 81.9 Å². The van der Waals surface area contributed by atoms with Crippen molar-refractivity contribution in [1.29, 1.82) is 0 Å². The van der Waals surface area contributed by atoms with Crippen LogP contribution in [0.3, 0.4) is 0 Å². The Morgan fingerprint density at radius 3 is 2.31 bits per heavy atom. The SMILES string of the molecule is CCOc1ccc(C(=O)Nc2cc(C)nn2-c2nc(C)cc(C)n2)cc1. The van der Waals surface area contributed by atoms with Gasteiger partial charge in [-0.05, 0) is 58.0 Å². The third-order valence-corrected chi connectivity index (χ3v) is 3.66. The highest BCUT2D eigenvalue weighted by atomic mass is 16.5. The lowest BCUT2D eigenvalue weighted by molar-refractivity contribution is 0.102. The van der Waals surface area contributed by atoms with Gasteiger partial charge in [-0.25, -0.2) is 9.97 Å². The molecule has 1 aromatic carbocycles. The van der Waals surface area contributed by atoms with Crippen molar-refractivity contribution < 1.29 is 9.53 Å². The van der Waals surface area contributed by atoms with E-state index < -0.39 is 0 Å². The summed E-state index contributed by atoms with van der Waals surface area (Å²) in [7, 11) is 0. The van der Waals surface area contributed by atoms with E-state index in [2.05, 4.69) is 20.4 Å². The summed E-state index contributed by atoms with van der Waals surface area (Å²) < 4.78 is 6.94. The maximum absolute atomic E-state index is 12.6. The molecule has 134 valence electrons. The number of anilines is 1. The number of aryl methyl sites for hydroxylation is 3. The molecule has 0 fully saturated rings. The molecular weight excluding hydrogens is 330 g/mol. The third kappa shape index (κ3) is 3.88. The zero-order valence-corrected chi connectivity index (χ0v) is 15.3. The minimum Gasteiger partial charge on any atom is -0.494 e. The highest BCUT2D eigenvalue weighted by molar-refractivity contribution is 6.04. The molecule has 7 heteroatoms. The van der Waals surface area contributed by atoms with Gasteiger partial charge in [0.05, 0.1) is 12.3 Å². The van der Waals surface area contributed by atoms with E-state index in [0.29, 0.717) is 23.9 Å². The standard InChI is InChI=1S/C19H21N5O2/c1-5-26-16-8-6-15(7-9-16)18(25)22-17-11-14(4)23-24(17)19-20-12(2)10-13(3)21-19/h6-11H,5H2,1-4H3,(H,22,25). The molecule has 2 aromatic heterocycles. The van der Waals surface area contributed by atoms with Crippen LogP contribution in [0.15, 0.2) is 36.4 Å². The first kappa shape index (κ1) is 17.6. The summed E-state index contributed by atoms with van der Waals surface area (Å²) in [5.41, 5.74) is 2.96. The van der Waals surface area contributed by atoms with Gasteiger partial charge >= 0.3 is 0 Å². The Balaban J connectivity index is 1.87. The Morgan fingerprint density at radius 2 is 1.69 bits per heavy atom. The van der Waals surface area contributed by atoms with Gasteiger partial charge in [0.15, 0.2) is 0 Å². The van der Waals surface area contributed by atoms with Crippen molar-refractivity contribution in [3.05, 3.63) is 59.0 Å². The smallest absolute Gasteiger partial charge is 0.256 e. The number of nitrogens with one attached hydrogen (secondary N) is 1. The van der Waals surface area contributed by atoms with Gasteiger partial charge in [0.1, 0.15) is 11.6 Å². The van der Waals surface area contributed by atoms with Gasteiger partial charge < -0.3 is 10.1 Å². The van der Waals surface area contributed by atoms with Crippen LogP contribution in [0.1, 0.15) is 34.4 Å². The number of nitrogens with zero attached hydrogens (tertiary/aromatic N) is 4. The molecular formula is C19H21N5O2. The lowest BCUT2D eigenvalue weighted by Crippen LogP contribution is -2.16. The van der Waals surface area contributed by atoms with E-state index in [1.54, 1.807) is 35.0 Å². The monoisotopic (exact) mass is 351 g/mol. The molecule has 0 aliphatic heterocycles. The van der Waals surface area contributed by atoms with Crippen LogP contribution in [0.25, 0.3) is 5.95 Å². The molecule has 3 rings (SSSR count). The molecule has 0 saturated heterocycles. The Hall–Kier alpha value is -3.22. The Kier molecular flexibility index (Phi) is 4.97. The van der Waals surface area contributed by atoms with Gasteiger partial charge in [0.2, 0.25) is 0 Å². The molecule has 3 aromatic rings. The average molecular weight is 351 g/mol. The summed E-state index contributed by atoms with van der Waals surface area (Å²) in [5.74, 6) is 1.44. The highest BCUT2D eigenvalue weighted by Gasteiger charge is 2.14. The number of amides is 1. The minimum atomic E-state index is -0.237. The molecule has 0 spiro atoms. The van der Waals surface area contributed by atoms with E-state index in [9.17, 15) is 4.79 Å².